The molecule has 0 aliphatic rings. The molecule has 1 aromatic heterocycles. The van der Waals surface area contributed by atoms with Crippen LogP contribution in [0.2, 0.25) is 0 Å². The first-order valence-corrected chi connectivity index (χ1v) is 4.43. The van der Waals surface area contributed by atoms with Crippen LogP contribution in [0, 0.1) is 6.92 Å². The molecule has 62 valence electrons. The van der Waals surface area contributed by atoms with Crippen LogP contribution in [0.25, 0.3) is 0 Å². The predicted molar refractivity (Wildman–Crippen MR) is 47.0 cm³/mol. The zero-order chi connectivity index (χ0) is 8.10. The summed E-state index contributed by atoms with van der Waals surface area (Å²) >= 11 is 5.54. The molecule has 0 unspecified atom stereocenters. The van der Waals surface area contributed by atoms with E-state index in [0.29, 0.717) is 0 Å². The minimum absolute atomic E-state index is 0.753. The average molecular weight is 173 g/mol. The smallest absolute Gasteiger partial charge is 0.0624 e. The fraction of sp³-hybridized carbons (Fsp3) is 0.625. The normalized spacial score (nSPS) is 10.4. The second-order valence-corrected chi connectivity index (χ2v) is 3.07. The number of aromatic nitrogens is 2. The summed E-state index contributed by atoms with van der Waals surface area (Å²) in [6, 6.07) is 2.08. The maximum absolute atomic E-state index is 5.54. The number of nitrogens with zero attached hydrogens (tertiary/aromatic N) is 1. The summed E-state index contributed by atoms with van der Waals surface area (Å²) in [6.07, 6.45) is 3.25. The predicted octanol–water partition coefficient (Wildman–Crippen LogP) is 2.28. The molecular formula is C8H13ClN2. The number of hydrogen-bond donors (Lipinski definition) is 1. The van der Waals surface area contributed by atoms with Crippen LogP contribution in [0.3, 0.4) is 0 Å². The number of halogens is 1. The summed E-state index contributed by atoms with van der Waals surface area (Å²) < 4.78 is 0. The second-order valence-electron chi connectivity index (χ2n) is 2.69. The van der Waals surface area contributed by atoms with Gasteiger partial charge in [-0.2, -0.15) is 5.10 Å². The minimum atomic E-state index is 0.753. The van der Waals surface area contributed by atoms with Crippen LogP contribution < -0.4 is 0 Å². The van der Waals surface area contributed by atoms with Crippen molar-refractivity contribution < 1.29 is 0 Å². The van der Waals surface area contributed by atoms with E-state index in [1.54, 1.807) is 0 Å². The van der Waals surface area contributed by atoms with Gasteiger partial charge < -0.3 is 0 Å². The molecule has 1 heterocycles. The van der Waals surface area contributed by atoms with Gasteiger partial charge in [0.1, 0.15) is 0 Å². The van der Waals surface area contributed by atoms with Gasteiger partial charge in [-0.1, -0.05) is 0 Å². The van der Waals surface area contributed by atoms with Gasteiger partial charge in [-0.3, -0.25) is 5.10 Å². The Labute approximate surface area is 72.0 Å². The van der Waals surface area contributed by atoms with Gasteiger partial charge in [-0.05, 0) is 32.3 Å². The molecule has 1 aromatic rings. The summed E-state index contributed by atoms with van der Waals surface area (Å²) in [6.45, 7) is 2.01. The Bertz CT molecular complexity index is 208. The van der Waals surface area contributed by atoms with E-state index >= 15 is 0 Å². The zero-order valence-corrected chi connectivity index (χ0v) is 7.49. The molecule has 0 atom stereocenters. The van der Waals surface area contributed by atoms with Gasteiger partial charge in [0.25, 0.3) is 0 Å². The Hall–Kier alpha value is -0.500. The van der Waals surface area contributed by atoms with Crippen molar-refractivity contribution in [3.8, 4) is 0 Å². The highest BCUT2D eigenvalue weighted by Gasteiger charge is 1.96. The van der Waals surface area contributed by atoms with Crippen molar-refractivity contribution in [2.45, 2.75) is 26.2 Å². The standard InChI is InChI=1S/C8H13ClN2/c1-7-6-8(11-10-7)4-2-3-5-9/h6H,2-5H2,1H3,(H,10,11). The molecule has 0 saturated heterocycles. The first-order chi connectivity index (χ1) is 5.33. The molecular weight excluding hydrogens is 160 g/mol. The Kier molecular flexibility index (Phi) is 3.43. The maximum Gasteiger partial charge on any atom is 0.0624 e. The molecule has 1 N–H and O–H groups in total. The van der Waals surface area contributed by atoms with Gasteiger partial charge in [0.15, 0.2) is 0 Å². The van der Waals surface area contributed by atoms with Crippen LogP contribution in [-0.2, 0) is 6.42 Å². The molecule has 0 aromatic carbocycles. The lowest BCUT2D eigenvalue weighted by Crippen LogP contribution is -1.85. The van der Waals surface area contributed by atoms with Gasteiger partial charge >= 0.3 is 0 Å². The molecule has 0 aliphatic carbocycles. The summed E-state index contributed by atoms with van der Waals surface area (Å²) in [5.41, 5.74) is 2.28. The number of H-pyrrole nitrogens is 1. The molecule has 0 aliphatic heterocycles. The third kappa shape index (κ3) is 2.93. The largest absolute Gasteiger partial charge is 0.283 e. The number of unbranched alkanes of at least 4 members (excludes halogenated alkanes) is 1. The molecule has 0 amide bonds. The summed E-state index contributed by atoms with van der Waals surface area (Å²) in [4.78, 5) is 0. The topological polar surface area (TPSA) is 28.7 Å². The fourth-order valence-corrected chi connectivity index (χ4v) is 1.19. The summed E-state index contributed by atoms with van der Waals surface area (Å²) in [5.74, 6) is 0.753. The van der Waals surface area contributed by atoms with E-state index in [9.17, 15) is 0 Å². The van der Waals surface area contributed by atoms with Crippen LogP contribution in [0.15, 0.2) is 6.07 Å². The molecule has 11 heavy (non-hydrogen) atoms. The number of aryl methyl sites for hydroxylation is 2. The third-order valence-corrected chi connectivity index (χ3v) is 1.84. The van der Waals surface area contributed by atoms with Crippen molar-refractivity contribution in [2.24, 2.45) is 0 Å². The highest BCUT2D eigenvalue weighted by molar-refractivity contribution is 6.17. The number of hydrogen-bond acceptors (Lipinski definition) is 1. The lowest BCUT2D eigenvalue weighted by Gasteiger charge is -1.91. The van der Waals surface area contributed by atoms with Gasteiger partial charge in [0.05, 0.1) is 5.69 Å². The molecule has 3 heteroatoms. The molecule has 0 spiro atoms. The summed E-state index contributed by atoms with van der Waals surface area (Å²) in [7, 11) is 0. The molecule has 0 fully saturated rings. The van der Waals surface area contributed by atoms with Crippen molar-refractivity contribution in [1.29, 1.82) is 0 Å². The van der Waals surface area contributed by atoms with E-state index in [-0.39, 0.29) is 0 Å². The minimum Gasteiger partial charge on any atom is -0.283 e. The first-order valence-electron chi connectivity index (χ1n) is 3.90. The number of aromatic amines is 1. The summed E-state index contributed by atoms with van der Waals surface area (Å²) in [5, 5.41) is 7.03. The van der Waals surface area contributed by atoms with E-state index in [2.05, 4.69) is 16.3 Å². The second kappa shape index (κ2) is 4.39. The van der Waals surface area contributed by atoms with Crippen molar-refractivity contribution >= 4 is 11.6 Å². The lowest BCUT2D eigenvalue weighted by molar-refractivity contribution is 0.775. The van der Waals surface area contributed by atoms with Crippen molar-refractivity contribution in [3.63, 3.8) is 0 Å². The number of alkyl halides is 1. The quantitative estimate of drug-likeness (QED) is 0.548. The van der Waals surface area contributed by atoms with Crippen molar-refractivity contribution in [3.05, 3.63) is 17.5 Å². The van der Waals surface area contributed by atoms with E-state index in [4.69, 9.17) is 11.6 Å². The van der Waals surface area contributed by atoms with E-state index in [1.165, 1.54) is 0 Å². The van der Waals surface area contributed by atoms with Crippen LogP contribution in [0.4, 0.5) is 0 Å². The molecule has 0 bridgehead atoms. The third-order valence-electron chi connectivity index (χ3n) is 1.58. The number of nitrogens with one attached hydrogen (secondary N) is 1. The molecule has 0 radical (unpaired) electrons. The van der Waals surface area contributed by atoms with E-state index in [1.807, 2.05) is 6.92 Å². The maximum atomic E-state index is 5.54. The molecule has 0 saturated carbocycles. The van der Waals surface area contributed by atoms with Crippen LogP contribution >= 0.6 is 11.6 Å². The van der Waals surface area contributed by atoms with Gasteiger partial charge in [0, 0.05) is 11.6 Å². The van der Waals surface area contributed by atoms with Crippen LogP contribution in [-0.4, -0.2) is 16.1 Å². The van der Waals surface area contributed by atoms with Gasteiger partial charge in [-0.25, -0.2) is 0 Å². The Morgan fingerprint density at radius 3 is 2.91 bits per heavy atom. The van der Waals surface area contributed by atoms with Crippen LogP contribution in [0.1, 0.15) is 24.2 Å². The Morgan fingerprint density at radius 2 is 2.36 bits per heavy atom. The average Bonchev–Trinajstić information content (AvgIpc) is 2.37. The van der Waals surface area contributed by atoms with Gasteiger partial charge in [0.2, 0.25) is 0 Å². The lowest BCUT2D eigenvalue weighted by atomic mass is 10.2. The Balaban J connectivity index is 2.27. The SMILES string of the molecule is Cc1cc(CCCCCl)n[nH]1. The highest BCUT2D eigenvalue weighted by atomic mass is 35.5. The number of rotatable bonds is 4. The first kappa shape index (κ1) is 8.60. The fourth-order valence-electron chi connectivity index (χ4n) is 1.00. The van der Waals surface area contributed by atoms with E-state index < -0.39 is 0 Å². The Morgan fingerprint density at radius 1 is 1.55 bits per heavy atom. The van der Waals surface area contributed by atoms with Gasteiger partial charge in [-0.15, -0.1) is 11.6 Å². The van der Waals surface area contributed by atoms with Crippen molar-refractivity contribution in [1.82, 2.24) is 10.2 Å². The van der Waals surface area contributed by atoms with E-state index in [0.717, 1.165) is 36.5 Å². The van der Waals surface area contributed by atoms with Crippen molar-refractivity contribution in [2.75, 3.05) is 5.88 Å². The zero-order valence-electron chi connectivity index (χ0n) is 6.73. The van der Waals surface area contributed by atoms with Crippen LogP contribution in [0.5, 0.6) is 0 Å². The molecule has 1 rings (SSSR count). The molecule has 2 nitrogen and oxygen atoms in total. The monoisotopic (exact) mass is 172 g/mol. The highest BCUT2D eigenvalue weighted by Crippen LogP contribution is 2.03.